The number of esters is 1. The van der Waals surface area contributed by atoms with Crippen LogP contribution in [-0.2, 0) is 11.3 Å². The molecule has 0 aliphatic heterocycles. The van der Waals surface area contributed by atoms with Crippen molar-refractivity contribution in [1.82, 2.24) is 9.55 Å². The molecular weight excluding hydrogens is 447 g/mol. The first-order chi connectivity index (χ1) is 14.7. The van der Waals surface area contributed by atoms with Crippen LogP contribution in [0.1, 0.15) is 33.2 Å². The highest BCUT2D eigenvalue weighted by atomic mass is 35.5. The van der Waals surface area contributed by atoms with Crippen molar-refractivity contribution < 1.29 is 19.4 Å². The largest absolute Gasteiger partial charge is 0.478 e. The lowest BCUT2D eigenvalue weighted by atomic mass is 10.0. The molecule has 0 radical (unpaired) electrons. The third-order valence-electron chi connectivity index (χ3n) is 4.45. The molecule has 1 heterocycles. The second-order valence-electron chi connectivity index (χ2n) is 6.39. The Labute approximate surface area is 185 Å². The lowest BCUT2D eigenvalue weighted by Crippen LogP contribution is -2.40. The van der Waals surface area contributed by atoms with Gasteiger partial charge in [-0.05, 0) is 36.2 Å². The molecule has 0 fully saturated rings. The fourth-order valence-electron chi connectivity index (χ4n) is 2.94. The minimum Gasteiger partial charge on any atom is -0.478 e. The van der Waals surface area contributed by atoms with Crippen LogP contribution in [0.25, 0.3) is 11.3 Å². The maximum atomic E-state index is 13.1. The molecule has 0 unspecified atom stereocenters. The number of aromatic carboxylic acids is 1. The molecule has 0 atom stereocenters. The van der Waals surface area contributed by atoms with E-state index >= 15 is 0 Å². The molecule has 2 aromatic carbocycles. The van der Waals surface area contributed by atoms with Gasteiger partial charge in [-0.15, -0.1) is 0 Å². The zero-order valence-corrected chi connectivity index (χ0v) is 17.7. The number of carboxylic acids is 1. The summed E-state index contributed by atoms with van der Waals surface area (Å²) in [5.74, 6) is -2.06. The monoisotopic (exact) mass is 462 g/mol. The molecule has 0 amide bonds. The summed E-state index contributed by atoms with van der Waals surface area (Å²) in [6.07, 6.45) is 0. The molecule has 0 saturated carbocycles. The summed E-state index contributed by atoms with van der Waals surface area (Å²) in [6, 6.07) is 10.1. The molecule has 2 N–H and O–H groups in total. The zero-order valence-electron chi connectivity index (χ0n) is 16.1. The van der Waals surface area contributed by atoms with Gasteiger partial charge in [-0.25, -0.2) is 14.4 Å². The van der Waals surface area contributed by atoms with Crippen LogP contribution in [0.4, 0.5) is 0 Å². The molecule has 0 aliphatic rings. The molecule has 3 rings (SSSR count). The van der Waals surface area contributed by atoms with Crippen LogP contribution >= 0.6 is 23.2 Å². The molecule has 31 heavy (non-hydrogen) atoms. The topological polar surface area (TPSA) is 118 Å². The minimum atomic E-state index is -1.14. The van der Waals surface area contributed by atoms with E-state index in [1.165, 1.54) is 24.3 Å². The number of benzene rings is 2. The molecule has 160 valence electrons. The number of hydrogen-bond acceptors (Lipinski definition) is 5. The van der Waals surface area contributed by atoms with Gasteiger partial charge in [0.15, 0.2) is 0 Å². The van der Waals surface area contributed by atoms with E-state index in [2.05, 4.69) is 4.98 Å². The summed E-state index contributed by atoms with van der Waals surface area (Å²) in [5.41, 5.74) is -1.43. The van der Waals surface area contributed by atoms with Crippen molar-refractivity contribution in [2.75, 3.05) is 6.61 Å². The summed E-state index contributed by atoms with van der Waals surface area (Å²) in [5, 5.41) is 9.50. The highest BCUT2D eigenvalue weighted by Crippen LogP contribution is 2.26. The van der Waals surface area contributed by atoms with E-state index in [4.69, 9.17) is 33.0 Å². The van der Waals surface area contributed by atoms with Gasteiger partial charge in [0.1, 0.15) is 5.56 Å². The lowest BCUT2D eigenvalue weighted by molar-refractivity contribution is 0.0523. The number of aromatic amines is 1. The number of aromatic nitrogens is 2. The van der Waals surface area contributed by atoms with Crippen molar-refractivity contribution in [2.45, 2.75) is 13.5 Å². The molecule has 10 heteroatoms. The third-order valence-corrected chi connectivity index (χ3v) is 5.30. The Balaban J connectivity index is 2.20. The van der Waals surface area contributed by atoms with Gasteiger partial charge in [-0.1, -0.05) is 47.5 Å². The molecule has 8 nitrogen and oxygen atoms in total. The number of nitrogens with one attached hydrogen (secondary N) is 1. The Bertz CT molecular complexity index is 1280. The van der Waals surface area contributed by atoms with Crippen LogP contribution in [0.15, 0.2) is 52.1 Å². The normalized spacial score (nSPS) is 10.7. The Morgan fingerprint density at radius 1 is 1.10 bits per heavy atom. The molecule has 0 spiro atoms. The van der Waals surface area contributed by atoms with E-state index in [1.807, 2.05) is 0 Å². The molecule has 3 aromatic rings. The molecule has 1 aromatic heterocycles. The summed E-state index contributed by atoms with van der Waals surface area (Å²) < 4.78 is 5.82. The smallest absolute Gasteiger partial charge is 0.345 e. The standard InChI is InChI=1S/C21H16Cl2N2O6/c1-2-31-20(29)15-17(11-6-8-12(9-7-11)19(27)28)24-21(30)25(18(15)26)10-13-4-3-5-14(22)16(13)23/h3-9H,2,10H2,1H3,(H,24,30)(H,27,28). The first kappa shape index (κ1) is 22.3. The lowest BCUT2D eigenvalue weighted by Gasteiger charge is -2.13. The predicted molar refractivity (Wildman–Crippen MR) is 115 cm³/mol. The Kier molecular flexibility index (Phi) is 6.62. The summed E-state index contributed by atoms with van der Waals surface area (Å²) in [7, 11) is 0. The molecule has 0 bridgehead atoms. The van der Waals surface area contributed by atoms with E-state index in [1.54, 1.807) is 25.1 Å². The summed E-state index contributed by atoms with van der Waals surface area (Å²) in [6.45, 7) is 1.36. The average molecular weight is 463 g/mol. The van der Waals surface area contributed by atoms with Gasteiger partial charge >= 0.3 is 17.6 Å². The molecule has 0 saturated heterocycles. The predicted octanol–water partition coefficient (Wildman–Crippen LogP) is 3.43. The van der Waals surface area contributed by atoms with Gasteiger partial charge in [-0.2, -0.15) is 0 Å². The number of carbonyl (C=O) groups excluding carboxylic acids is 1. The van der Waals surface area contributed by atoms with Crippen LogP contribution in [0.3, 0.4) is 0 Å². The first-order valence-corrected chi connectivity index (χ1v) is 9.81. The van der Waals surface area contributed by atoms with Gasteiger partial charge in [0.2, 0.25) is 0 Å². The van der Waals surface area contributed by atoms with Crippen molar-refractivity contribution in [1.29, 1.82) is 0 Å². The number of H-pyrrole nitrogens is 1. The van der Waals surface area contributed by atoms with Crippen LogP contribution in [0.5, 0.6) is 0 Å². The van der Waals surface area contributed by atoms with E-state index < -0.39 is 23.2 Å². The van der Waals surface area contributed by atoms with E-state index in [0.717, 1.165) is 4.57 Å². The van der Waals surface area contributed by atoms with Crippen molar-refractivity contribution >= 4 is 35.1 Å². The van der Waals surface area contributed by atoms with Crippen LogP contribution < -0.4 is 11.2 Å². The van der Waals surface area contributed by atoms with Crippen LogP contribution in [-0.4, -0.2) is 33.2 Å². The summed E-state index contributed by atoms with van der Waals surface area (Å²) in [4.78, 5) is 52.1. The van der Waals surface area contributed by atoms with Gasteiger partial charge in [0.25, 0.3) is 5.56 Å². The Morgan fingerprint density at radius 2 is 1.77 bits per heavy atom. The summed E-state index contributed by atoms with van der Waals surface area (Å²) >= 11 is 12.2. The highest BCUT2D eigenvalue weighted by Gasteiger charge is 2.23. The first-order valence-electron chi connectivity index (χ1n) is 9.05. The van der Waals surface area contributed by atoms with Crippen molar-refractivity contribution in [2.24, 2.45) is 0 Å². The number of carbonyl (C=O) groups is 2. The van der Waals surface area contributed by atoms with Gasteiger partial charge in [0.05, 0.1) is 34.5 Å². The van der Waals surface area contributed by atoms with Crippen LogP contribution in [0.2, 0.25) is 10.0 Å². The second kappa shape index (κ2) is 9.20. The third kappa shape index (κ3) is 4.55. The quantitative estimate of drug-likeness (QED) is 0.541. The van der Waals surface area contributed by atoms with Gasteiger partial charge in [-0.3, -0.25) is 9.36 Å². The number of halogens is 2. The van der Waals surface area contributed by atoms with Crippen molar-refractivity contribution in [3.63, 3.8) is 0 Å². The number of nitrogens with zero attached hydrogens (tertiary/aromatic N) is 1. The van der Waals surface area contributed by atoms with E-state index in [9.17, 15) is 19.2 Å². The maximum absolute atomic E-state index is 13.1. The molecular formula is C21H16Cl2N2O6. The Morgan fingerprint density at radius 3 is 2.39 bits per heavy atom. The number of carboxylic acid groups (broad SMARTS) is 1. The minimum absolute atomic E-state index is 0.00715. The van der Waals surface area contributed by atoms with Gasteiger partial charge < -0.3 is 14.8 Å². The van der Waals surface area contributed by atoms with E-state index in [-0.39, 0.29) is 45.6 Å². The van der Waals surface area contributed by atoms with Crippen molar-refractivity contribution in [3.05, 3.63) is 90.0 Å². The molecule has 0 aliphatic carbocycles. The van der Waals surface area contributed by atoms with Crippen molar-refractivity contribution in [3.8, 4) is 11.3 Å². The van der Waals surface area contributed by atoms with Gasteiger partial charge in [0, 0.05) is 0 Å². The SMILES string of the molecule is CCOC(=O)c1c(-c2ccc(C(=O)O)cc2)[nH]c(=O)n(Cc2cccc(Cl)c2Cl)c1=O. The van der Waals surface area contributed by atoms with Crippen LogP contribution in [0, 0.1) is 0 Å². The highest BCUT2D eigenvalue weighted by molar-refractivity contribution is 6.42. The number of hydrogen-bond donors (Lipinski definition) is 2. The second-order valence-corrected chi connectivity index (χ2v) is 7.17. The number of rotatable bonds is 6. The fraction of sp³-hybridized carbons (Fsp3) is 0.143. The fourth-order valence-corrected chi connectivity index (χ4v) is 3.32. The zero-order chi connectivity index (χ0) is 22.7. The average Bonchev–Trinajstić information content (AvgIpc) is 2.73. The number of ether oxygens (including phenoxy) is 1. The maximum Gasteiger partial charge on any atom is 0.345 e. The van der Waals surface area contributed by atoms with E-state index in [0.29, 0.717) is 5.56 Å². The Hall–Kier alpha value is -3.36.